The average Bonchev–Trinajstić information content (AvgIpc) is 3.45. The van der Waals surface area contributed by atoms with E-state index in [1.807, 2.05) is 30.3 Å². The Bertz CT molecular complexity index is 1880. The fourth-order valence-electron chi connectivity index (χ4n) is 5.24. The molecule has 0 fully saturated rings. The zero-order chi connectivity index (χ0) is 31.7. The molecule has 0 spiro atoms. The molecule has 1 aliphatic heterocycles. The fraction of sp³-hybridized carbons (Fsp3) is 0.219. The lowest BCUT2D eigenvalue weighted by molar-refractivity contribution is 0.0331. The third-order valence-electron chi connectivity index (χ3n) is 7.48. The number of halogens is 4. The molecule has 232 valence electrons. The van der Waals surface area contributed by atoms with E-state index in [2.05, 4.69) is 15.3 Å². The van der Waals surface area contributed by atoms with Crippen molar-refractivity contribution in [1.29, 1.82) is 0 Å². The molecule has 9 nitrogen and oxygen atoms in total. The van der Waals surface area contributed by atoms with Gasteiger partial charge in [-0.2, -0.15) is 0 Å². The predicted molar refractivity (Wildman–Crippen MR) is 154 cm³/mol. The van der Waals surface area contributed by atoms with Crippen LogP contribution in [0.5, 0.6) is 5.88 Å². The van der Waals surface area contributed by atoms with Gasteiger partial charge in [0.15, 0.2) is 23.3 Å². The van der Waals surface area contributed by atoms with Crippen LogP contribution in [0, 0.1) is 23.3 Å². The highest BCUT2D eigenvalue weighted by Gasteiger charge is 2.33. The number of hydrogen-bond donors (Lipinski definition) is 2. The van der Waals surface area contributed by atoms with Crippen molar-refractivity contribution in [2.75, 3.05) is 26.8 Å². The van der Waals surface area contributed by atoms with Gasteiger partial charge >= 0.3 is 6.09 Å². The maximum absolute atomic E-state index is 14.6. The van der Waals surface area contributed by atoms with Gasteiger partial charge in [0.05, 0.1) is 31.5 Å². The Hall–Kier alpha value is -5.17. The van der Waals surface area contributed by atoms with Crippen molar-refractivity contribution in [2.45, 2.75) is 19.3 Å². The van der Waals surface area contributed by atoms with Crippen molar-refractivity contribution in [3.8, 4) is 5.88 Å². The molecule has 1 aliphatic rings. The highest BCUT2D eigenvalue weighted by Crippen LogP contribution is 2.39. The zero-order valence-corrected chi connectivity index (χ0v) is 23.8. The molecule has 3 aromatic carbocycles. The molecular weight excluding hydrogens is 596 g/mol. The Morgan fingerprint density at radius 3 is 2.49 bits per heavy atom. The molecule has 0 saturated carbocycles. The highest BCUT2D eigenvalue weighted by molar-refractivity contribution is 5.99. The van der Waals surface area contributed by atoms with Crippen molar-refractivity contribution >= 4 is 33.7 Å². The summed E-state index contributed by atoms with van der Waals surface area (Å²) in [5.41, 5.74) is 1.90. The molecule has 13 heteroatoms. The first kappa shape index (κ1) is 29.9. The van der Waals surface area contributed by atoms with E-state index in [1.54, 1.807) is 0 Å². The van der Waals surface area contributed by atoms with Crippen LogP contribution >= 0.6 is 0 Å². The minimum Gasteiger partial charge on any atom is -0.475 e. The quantitative estimate of drug-likeness (QED) is 0.164. The normalized spacial score (nSPS) is 14.3. The summed E-state index contributed by atoms with van der Waals surface area (Å²) in [7, 11) is 1.50. The van der Waals surface area contributed by atoms with Crippen LogP contribution in [0.25, 0.3) is 21.7 Å². The second kappa shape index (κ2) is 12.4. The number of likely N-dealkylation sites (N-methyl/N-ethyl adjacent to an activating group) is 1. The molecule has 2 amide bonds. The second-order valence-electron chi connectivity index (χ2n) is 10.4. The number of aromatic nitrogens is 2. The summed E-state index contributed by atoms with van der Waals surface area (Å²) in [5.74, 6) is -4.89. The van der Waals surface area contributed by atoms with E-state index in [9.17, 15) is 27.2 Å². The number of hydrogen-bond acceptors (Lipinski definition) is 6. The van der Waals surface area contributed by atoms with Gasteiger partial charge in [-0.3, -0.25) is 4.79 Å². The molecule has 6 rings (SSSR count). The number of ether oxygens (including phenoxy) is 3. The van der Waals surface area contributed by atoms with Gasteiger partial charge in [0, 0.05) is 35.0 Å². The summed E-state index contributed by atoms with van der Waals surface area (Å²) in [6.07, 6.45) is -0.659. The molecule has 45 heavy (non-hydrogen) atoms. The summed E-state index contributed by atoms with van der Waals surface area (Å²) in [5, 5.41) is 3.28. The first-order valence-electron chi connectivity index (χ1n) is 13.9. The number of pyridine rings is 1. The van der Waals surface area contributed by atoms with Crippen LogP contribution in [0.2, 0.25) is 0 Å². The summed E-state index contributed by atoms with van der Waals surface area (Å²) in [6, 6.07) is 13.7. The third-order valence-corrected chi connectivity index (χ3v) is 7.48. The van der Waals surface area contributed by atoms with E-state index in [-0.39, 0.29) is 60.8 Å². The number of nitrogens with one attached hydrogen (secondary N) is 2. The summed E-state index contributed by atoms with van der Waals surface area (Å²) >= 11 is 0. The Balaban J connectivity index is 1.22. The van der Waals surface area contributed by atoms with Gasteiger partial charge in [0.2, 0.25) is 5.88 Å². The van der Waals surface area contributed by atoms with Crippen LogP contribution in [0.3, 0.4) is 0 Å². The number of H-pyrrole nitrogens is 1. The molecule has 5 aromatic rings. The summed E-state index contributed by atoms with van der Waals surface area (Å²) in [4.78, 5) is 34.2. The number of aromatic amines is 1. The van der Waals surface area contributed by atoms with Crippen molar-refractivity contribution in [3.05, 3.63) is 106 Å². The van der Waals surface area contributed by atoms with Crippen LogP contribution in [0.4, 0.5) is 22.4 Å². The molecule has 0 unspecified atom stereocenters. The lowest BCUT2D eigenvalue weighted by Crippen LogP contribution is -2.37. The third kappa shape index (κ3) is 6.11. The van der Waals surface area contributed by atoms with E-state index < -0.39 is 41.3 Å². The smallest absolute Gasteiger partial charge is 0.407 e. The molecule has 0 aliphatic carbocycles. The summed E-state index contributed by atoms with van der Waals surface area (Å²) in [6.45, 7) is 0.0829. The minimum absolute atomic E-state index is 0.00810. The number of amides is 2. The highest BCUT2D eigenvalue weighted by atomic mass is 19.2. The van der Waals surface area contributed by atoms with Crippen molar-refractivity contribution < 1.29 is 41.4 Å². The standard InChI is InChI=1S/C32H26F4N4O5/c1-40(31(41)26-10-18-9-21(33)24(36)13-25(18)38-26)28-16-43-15-27-29(28)19-11-22(34)23(35)12-20(19)30(39-27)44-8-7-37-32(42)45-14-17-5-3-2-4-6-17/h2-6,9-13,28,38H,7-8,14-16H2,1H3,(H,37,42)/t28-/m1/s1. The molecule has 3 heterocycles. The van der Waals surface area contributed by atoms with Gasteiger partial charge in [-0.05, 0) is 35.2 Å². The van der Waals surface area contributed by atoms with Gasteiger partial charge < -0.3 is 29.4 Å². The van der Waals surface area contributed by atoms with E-state index >= 15 is 0 Å². The number of benzene rings is 3. The molecule has 0 saturated heterocycles. The van der Waals surface area contributed by atoms with Crippen LogP contribution < -0.4 is 10.1 Å². The number of carbonyl (C=O) groups is 2. The monoisotopic (exact) mass is 622 g/mol. The van der Waals surface area contributed by atoms with Crippen molar-refractivity contribution in [2.24, 2.45) is 0 Å². The Labute approximate surface area is 253 Å². The number of alkyl carbamates (subject to hydrolysis) is 1. The predicted octanol–water partition coefficient (Wildman–Crippen LogP) is 5.92. The SMILES string of the molecule is CN(C(=O)c1cc2cc(F)c(F)cc2[nH]1)[C@@H]1COCc2nc(OCCNC(=O)OCc3ccccc3)c3cc(F)c(F)cc3c21. The Morgan fingerprint density at radius 1 is 1.00 bits per heavy atom. The molecule has 0 radical (unpaired) electrons. The molecule has 1 atom stereocenters. The molecule has 2 aromatic heterocycles. The van der Waals surface area contributed by atoms with Gasteiger partial charge in [-0.15, -0.1) is 0 Å². The van der Waals surface area contributed by atoms with E-state index in [4.69, 9.17) is 14.2 Å². The van der Waals surface area contributed by atoms with Crippen LogP contribution in [-0.2, 0) is 22.7 Å². The second-order valence-corrected chi connectivity index (χ2v) is 10.4. The molecular formula is C32H26F4N4O5. The number of rotatable bonds is 8. The van der Waals surface area contributed by atoms with Gasteiger partial charge in [0.1, 0.15) is 18.9 Å². The first-order chi connectivity index (χ1) is 21.7. The summed E-state index contributed by atoms with van der Waals surface area (Å²) < 4.78 is 73.2. The van der Waals surface area contributed by atoms with Crippen LogP contribution in [-0.4, -0.2) is 53.7 Å². The Morgan fingerprint density at radius 2 is 1.71 bits per heavy atom. The molecule has 0 bridgehead atoms. The van der Waals surface area contributed by atoms with Gasteiger partial charge in [0.25, 0.3) is 5.91 Å². The average molecular weight is 623 g/mol. The van der Waals surface area contributed by atoms with E-state index in [0.717, 1.165) is 29.8 Å². The first-order valence-corrected chi connectivity index (χ1v) is 13.9. The van der Waals surface area contributed by atoms with Crippen LogP contribution in [0.1, 0.15) is 33.4 Å². The topological polar surface area (TPSA) is 106 Å². The van der Waals surface area contributed by atoms with Gasteiger partial charge in [-0.25, -0.2) is 27.3 Å². The zero-order valence-electron chi connectivity index (χ0n) is 23.8. The minimum atomic E-state index is -1.12. The van der Waals surface area contributed by atoms with Crippen molar-refractivity contribution in [3.63, 3.8) is 0 Å². The number of fused-ring (bicyclic) bond motifs is 4. The maximum atomic E-state index is 14.6. The van der Waals surface area contributed by atoms with Crippen molar-refractivity contribution in [1.82, 2.24) is 20.2 Å². The Kier molecular flexibility index (Phi) is 8.26. The number of nitrogens with zero attached hydrogens (tertiary/aromatic N) is 2. The van der Waals surface area contributed by atoms with E-state index in [0.29, 0.717) is 16.6 Å². The van der Waals surface area contributed by atoms with Crippen LogP contribution in [0.15, 0.2) is 60.7 Å². The van der Waals surface area contributed by atoms with Gasteiger partial charge in [-0.1, -0.05) is 30.3 Å². The maximum Gasteiger partial charge on any atom is 0.407 e. The lowest BCUT2D eigenvalue weighted by atomic mass is 9.95. The number of carbonyl (C=O) groups excluding carboxylic acids is 2. The lowest BCUT2D eigenvalue weighted by Gasteiger charge is -2.33. The fourth-order valence-corrected chi connectivity index (χ4v) is 5.24. The largest absolute Gasteiger partial charge is 0.475 e. The van der Waals surface area contributed by atoms with E-state index in [1.165, 1.54) is 18.0 Å². The molecule has 2 N–H and O–H groups in total.